The van der Waals surface area contributed by atoms with Gasteiger partial charge in [0.2, 0.25) is 0 Å². The predicted molar refractivity (Wildman–Crippen MR) is 99.1 cm³/mol. The van der Waals surface area contributed by atoms with Crippen LogP contribution < -0.4 is 9.47 Å². The molecule has 0 N–H and O–H groups in total. The molecule has 0 unspecified atom stereocenters. The Bertz CT molecular complexity index is 736. The van der Waals surface area contributed by atoms with Gasteiger partial charge in [0.1, 0.15) is 0 Å². The van der Waals surface area contributed by atoms with E-state index in [1.807, 2.05) is 31.2 Å². The standard InChI is InChI=1S/C18H19BrClNO3/c1-4-21(18(22)14-10-13(19)6-7-15(14)20)11-12-5-8-16(23-2)17(9-12)24-3/h5-10H,4,11H2,1-3H3. The largest absolute Gasteiger partial charge is 0.493 e. The van der Waals surface area contributed by atoms with Crippen LogP contribution in [0.4, 0.5) is 0 Å². The monoisotopic (exact) mass is 411 g/mol. The molecule has 0 radical (unpaired) electrons. The van der Waals surface area contributed by atoms with Crippen LogP contribution in [0.15, 0.2) is 40.9 Å². The minimum absolute atomic E-state index is 0.112. The van der Waals surface area contributed by atoms with Gasteiger partial charge in [-0.1, -0.05) is 33.6 Å². The summed E-state index contributed by atoms with van der Waals surface area (Å²) in [4.78, 5) is 14.5. The van der Waals surface area contributed by atoms with Crippen LogP contribution in [-0.2, 0) is 6.54 Å². The number of amides is 1. The Kier molecular flexibility index (Phi) is 6.52. The van der Waals surface area contributed by atoms with Crippen LogP contribution >= 0.6 is 27.5 Å². The maximum absolute atomic E-state index is 12.8. The lowest BCUT2D eigenvalue weighted by molar-refractivity contribution is 0.0752. The van der Waals surface area contributed by atoms with Crippen LogP contribution in [-0.4, -0.2) is 31.6 Å². The number of rotatable bonds is 6. The van der Waals surface area contributed by atoms with Crippen molar-refractivity contribution in [2.45, 2.75) is 13.5 Å². The van der Waals surface area contributed by atoms with Gasteiger partial charge >= 0.3 is 0 Å². The van der Waals surface area contributed by atoms with E-state index in [1.165, 1.54) is 0 Å². The van der Waals surface area contributed by atoms with Gasteiger partial charge in [0, 0.05) is 17.6 Å². The van der Waals surface area contributed by atoms with E-state index in [0.29, 0.717) is 35.2 Å². The topological polar surface area (TPSA) is 38.8 Å². The molecule has 0 spiro atoms. The third-order valence-corrected chi connectivity index (χ3v) is 4.47. The Morgan fingerprint density at radius 2 is 1.83 bits per heavy atom. The lowest BCUT2D eigenvalue weighted by Gasteiger charge is -2.22. The zero-order valence-corrected chi connectivity index (χ0v) is 16.1. The molecule has 0 heterocycles. The van der Waals surface area contributed by atoms with Gasteiger partial charge < -0.3 is 14.4 Å². The summed E-state index contributed by atoms with van der Waals surface area (Å²) < 4.78 is 11.4. The van der Waals surface area contributed by atoms with Crippen molar-refractivity contribution in [3.63, 3.8) is 0 Å². The normalized spacial score (nSPS) is 10.4. The fraction of sp³-hybridized carbons (Fsp3) is 0.278. The highest BCUT2D eigenvalue weighted by Gasteiger charge is 2.18. The molecule has 0 aliphatic rings. The molecule has 0 aliphatic carbocycles. The Balaban J connectivity index is 2.26. The number of carbonyl (C=O) groups is 1. The molecule has 0 aromatic heterocycles. The summed E-state index contributed by atoms with van der Waals surface area (Å²) in [6, 6.07) is 10.9. The third-order valence-electron chi connectivity index (χ3n) is 3.65. The van der Waals surface area contributed by atoms with E-state index in [-0.39, 0.29) is 5.91 Å². The van der Waals surface area contributed by atoms with Crippen LogP contribution in [0.3, 0.4) is 0 Å². The van der Waals surface area contributed by atoms with E-state index in [9.17, 15) is 4.79 Å². The first kappa shape index (κ1) is 18.6. The van der Waals surface area contributed by atoms with Gasteiger partial charge in [-0.15, -0.1) is 0 Å². The second-order valence-corrected chi connectivity index (χ2v) is 6.46. The number of hydrogen-bond acceptors (Lipinski definition) is 3. The number of methoxy groups -OCH3 is 2. The third kappa shape index (κ3) is 4.22. The second-order valence-electron chi connectivity index (χ2n) is 5.13. The van der Waals surface area contributed by atoms with Crippen LogP contribution in [0.25, 0.3) is 0 Å². The summed E-state index contributed by atoms with van der Waals surface area (Å²) in [5, 5.41) is 0.439. The van der Waals surface area contributed by atoms with Crippen molar-refractivity contribution < 1.29 is 14.3 Å². The van der Waals surface area contributed by atoms with Gasteiger partial charge in [0.05, 0.1) is 24.8 Å². The van der Waals surface area contributed by atoms with Crippen molar-refractivity contribution in [3.05, 3.63) is 57.0 Å². The van der Waals surface area contributed by atoms with E-state index in [0.717, 1.165) is 10.0 Å². The SMILES string of the molecule is CCN(Cc1ccc(OC)c(OC)c1)C(=O)c1cc(Br)ccc1Cl. The lowest BCUT2D eigenvalue weighted by Crippen LogP contribution is -2.30. The molecular weight excluding hydrogens is 394 g/mol. The number of ether oxygens (including phenoxy) is 2. The van der Waals surface area contributed by atoms with E-state index >= 15 is 0 Å². The Morgan fingerprint density at radius 1 is 1.12 bits per heavy atom. The van der Waals surface area contributed by atoms with Crippen LogP contribution in [0, 0.1) is 0 Å². The molecule has 2 rings (SSSR count). The summed E-state index contributed by atoms with van der Waals surface area (Å²) >= 11 is 9.55. The molecule has 0 atom stereocenters. The maximum atomic E-state index is 12.8. The van der Waals surface area contributed by atoms with Gasteiger partial charge in [0.25, 0.3) is 5.91 Å². The van der Waals surface area contributed by atoms with Gasteiger partial charge in [-0.3, -0.25) is 4.79 Å². The molecule has 6 heteroatoms. The molecule has 2 aromatic carbocycles. The van der Waals surface area contributed by atoms with E-state index in [1.54, 1.807) is 31.3 Å². The molecule has 0 aliphatic heterocycles. The van der Waals surface area contributed by atoms with Gasteiger partial charge in [0.15, 0.2) is 11.5 Å². The molecular formula is C18H19BrClNO3. The first-order chi connectivity index (χ1) is 11.5. The predicted octanol–water partition coefficient (Wildman–Crippen LogP) is 4.78. The van der Waals surface area contributed by atoms with Crippen LogP contribution in [0.2, 0.25) is 5.02 Å². The van der Waals surface area contributed by atoms with E-state index < -0.39 is 0 Å². The molecule has 0 bridgehead atoms. The highest BCUT2D eigenvalue weighted by molar-refractivity contribution is 9.10. The van der Waals surface area contributed by atoms with Crippen LogP contribution in [0.1, 0.15) is 22.8 Å². The highest BCUT2D eigenvalue weighted by atomic mass is 79.9. The van der Waals surface area contributed by atoms with Crippen LogP contribution in [0.5, 0.6) is 11.5 Å². The van der Waals surface area contributed by atoms with Crippen molar-refractivity contribution in [1.82, 2.24) is 4.90 Å². The minimum atomic E-state index is -0.112. The average molecular weight is 413 g/mol. The molecule has 24 heavy (non-hydrogen) atoms. The molecule has 4 nitrogen and oxygen atoms in total. The van der Waals surface area contributed by atoms with Crippen molar-refractivity contribution in [2.24, 2.45) is 0 Å². The van der Waals surface area contributed by atoms with E-state index in [2.05, 4.69) is 15.9 Å². The Morgan fingerprint density at radius 3 is 2.46 bits per heavy atom. The lowest BCUT2D eigenvalue weighted by atomic mass is 10.1. The summed E-state index contributed by atoms with van der Waals surface area (Å²) in [5.74, 6) is 1.18. The molecule has 0 fully saturated rings. The summed E-state index contributed by atoms with van der Waals surface area (Å²) in [7, 11) is 3.18. The smallest absolute Gasteiger partial charge is 0.255 e. The first-order valence-electron chi connectivity index (χ1n) is 7.45. The van der Waals surface area contributed by atoms with Crippen molar-refractivity contribution >= 4 is 33.4 Å². The number of nitrogens with zero attached hydrogens (tertiary/aromatic N) is 1. The molecule has 0 saturated carbocycles. The van der Waals surface area contributed by atoms with Gasteiger partial charge in [-0.25, -0.2) is 0 Å². The zero-order chi connectivity index (χ0) is 17.7. The minimum Gasteiger partial charge on any atom is -0.493 e. The molecule has 0 saturated heterocycles. The van der Waals surface area contributed by atoms with Gasteiger partial charge in [-0.05, 0) is 42.8 Å². The fourth-order valence-electron chi connectivity index (χ4n) is 2.36. The Labute approximate surface area is 155 Å². The summed E-state index contributed by atoms with van der Waals surface area (Å²) in [6.45, 7) is 2.96. The van der Waals surface area contributed by atoms with Crippen molar-refractivity contribution in [1.29, 1.82) is 0 Å². The van der Waals surface area contributed by atoms with Gasteiger partial charge in [-0.2, -0.15) is 0 Å². The van der Waals surface area contributed by atoms with Crippen molar-refractivity contribution in [2.75, 3.05) is 20.8 Å². The maximum Gasteiger partial charge on any atom is 0.255 e. The average Bonchev–Trinajstić information content (AvgIpc) is 2.60. The Hall–Kier alpha value is -1.72. The zero-order valence-electron chi connectivity index (χ0n) is 13.8. The second kappa shape index (κ2) is 8.40. The van der Waals surface area contributed by atoms with Crippen molar-refractivity contribution in [3.8, 4) is 11.5 Å². The number of hydrogen-bond donors (Lipinski definition) is 0. The number of benzene rings is 2. The summed E-state index contributed by atoms with van der Waals surface area (Å²) in [6.07, 6.45) is 0. The quantitative estimate of drug-likeness (QED) is 0.685. The molecule has 1 amide bonds. The fourth-order valence-corrected chi connectivity index (χ4v) is 2.92. The summed E-state index contributed by atoms with van der Waals surface area (Å²) in [5.41, 5.74) is 1.43. The number of carbonyl (C=O) groups excluding carboxylic acids is 1. The number of halogens is 2. The molecule has 128 valence electrons. The highest BCUT2D eigenvalue weighted by Crippen LogP contribution is 2.29. The van der Waals surface area contributed by atoms with E-state index in [4.69, 9.17) is 21.1 Å². The molecule has 2 aromatic rings. The first-order valence-corrected chi connectivity index (χ1v) is 8.62.